The molecule has 0 aliphatic heterocycles. The molecule has 0 fully saturated rings. The van der Waals surface area contributed by atoms with Crippen molar-refractivity contribution in [1.82, 2.24) is 4.98 Å². The minimum Gasteiger partial charge on any atom is -0.324 e. The van der Waals surface area contributed by atoms with Crippen LogP contribution < -0.4 is 5.32 Å². The molecule has 1 amide bonds. The zero-order valence-corrected chi connectivity index (χ0v) is 15.3. The number of nitrogens with one attached hydrogen (secondary N) is 1. The first-order valence-electron chi connectivity index (χ1n) is 8.87. The SMILES string of the molecule is CC(C)c1cccc(C(C)CC(=O)Nc2ccc3cnccc3c2F)c1. The highest BCUT2D eigenvalue weighted by atomic mass is 19.1. The molecule has 0 spiro atoms. The normalized spacial score (nSPS) is 12.3. The summed E-state index contributed by atoms with van der Waals surface area (Å²) in [4.78, 5) is 16.4. The van der Waals surface area contributed by atoms with E-state index in [1.54, 1.807) is 30.6 Å². The van der Waals surface area contributed by atoms with Gasteiger partial charge < -0.3 is 5.32 Å². The van der Waals surface area contributed by atoms with Crippen LogP contribution in [0.25, 0.3) is 10.8 Å². The predicted octanol–water partition coefficient (Wildman–Crippen LogP) is 5.63. The van der Waals surface area contributed by atoms with Crippen molar-refractivity contribution in [2.45, 2.75) is 39.0 Å². The molecule has 1 heterocycles. The first kappa shape index (κ1) is 18.1. The van der Waals surface area contributed by atoms with E-state index in [0.717, 1.165) is 5.56 Å². The van der Waals surface area contributed by atoms with E-state index >= 15 is 0 Å². The summed E-state index contributed by atoms with van der Waals surface area (Å²) in [5.41, 5.74) is 2.58. The molecule has 0 saturated heterocycles. The maximum atomic E-state index is 14.6. The third-order valence-electron chi connectivity index (χ3n) is 4.67. The van der Waals surface area contributed by atoms with Crippen LogP contribution in [-0.2, 0) is 4.79 Å². The predicted molar refractivity (Wildman–Crippen MR) is 104 cm³/mol. The van der Waals surface area contributed by atoms with Gasteiger partial charge in [-0.15, -0.1) is 0 Å². The van der Waals surface area contributed by atoms with Gasteiger partial charge in [0.1, 0.15) is 0 Å². The van der Waals surface area contributed by atoms with Gasteiger partial charge >= 0.3 is 0 Å². The number of pyridine rings is 1. The molecule has 0 saturated carbocycles. The Bertz CT molecular complexity index is 936. The molecule has 0 aliphatic rings. The van der Waals surface area contributed by atoms with Crippen LogP contribution in [0.1, 0.15) is 50.2 Å². The number of fused-ring (bicyclic) bond motifs is 1. The average molecular weight is 350 g/mol. The van der Waals surface area contributed by atoms with Crippen LogP contribution in [-0.4, -0.2) is 10.9 Å². The average Bonchev–Trinajstić information content (AvgIpc) is 2.64. The van der Waals surface area contributed by atoms with E-state index < -0.39 is 5.82 Å². The van der Waals surface area contributed by atoms with Crippen molar-refractivity contribution < 1.29 is 9.18 Å². The number of benzene rings is 2. The molecule has 3 nitrogen and oxygen atoms in total. The summed E-state index contributed by atoms with van der Waals surface area (Å²) in [5.74, 6) is -0.119. The monoisotopic (exact) mass is 350 g/mol. The van der Waals surface area contributed by atoms with Crippen LogP contribution in [0, 0.1) is 5.82 Å². The van der Waals surface area contributed by atoms with Gasteiger partial charge in [0, 0.05) is 29.6 Å². The maximum absolute atomic E-state index is 14.6. The third-order valence-corrected chi connectivity index (χ3v) is 4.67. The van der Waals surface area contributed by atoms with Gasteiger partial charge in [-0.3, -0.25) is 9.78 Å². The molecule has 1 atom stereocenters. The minimum absolute atomic E-state index is 0.0569. The van der Waals surface area contributed by atoms with Crippen LogP contribution in [0.3, 0.4) is 0 Å². The number of hydrogen-bond acceptors (Lipinski definition) is 2. The van der Waals surface area contributed by atoms with E-state index in [1.807, 2.05) is 19.1 Å². The molecule has 4 heteroatoms. The number of nitrogens with zero attached hydrogens (tertiary/aromatic N) is 1. The number of hydrogen-bond donors (Lipinski definition) is 1. The Morgan fingerprint density at radius 1 is 1.12 bits per heavy atom. The molecule has 1 N–H and O–H groups in total. The first-order valence-corrected chi connectivity index (χ1v) is 8.87. The summed E-state index contributed by atoms with van der Waals surface area (Å²) in [6, 6.07) is 13.3. The maximum Gasteiger partial charge on any atom is 0.225 e. The largest absolute Gasteiger partial charge is 0.324 e. The zero-order chi connectivity index (χ0) is 18.7. The summed E-state index contributed by atoms with van der Waals surface area (Å²) >= 11 is 0. The quantitative estimate of drug-likeness (QED) is 0.648. The van der Waals surface area contributed by atoms with Gasteiger partial charge in [0.05, 0.1) is 5.69 Å². The smallest absolute Gasteiger partial charge is 0.225 e. The summed E-state index contributed by atoms with van der Waals surface area (Å²) in [5, 5.41) is 3.87. The number of amides is 1. The van der Waals surface area contributed by atoms with Crippen molar-refractivity contribution >= 4 is 22.4 Å². The second kappa shape index (κ2) is 7.65. The van der Waals surface area contributed by atoms with Gasteiger partial charge in [0.15, 0.2) is 5.82 Å². The lowest BCUT2D eigenvalue weighted by Crippen LogP contribution is -2.15. The Balaban J connectivity index is 1.73. The number of carbonyl (C=O) groups is 1. The van der Waals surface area contributed by atoms with Crippen LogP contribution in [0.5, 0.6) is 0 Å². The molecule has 0 bridgehead atoms. The van der Waals surface area contributed by atoms with E-state index in [4.69, 9.17) is 0 Å². The Labute approximate surface area is 153 Å². The van der Waals surface area contributed by atoms with E-state index in [2.05, 4.69) is 36.3 Å². The van der Waals surface area contributed by atoms with Gasteiger partial charge in [-0.2, -0.15) is 0 Å². The molecule has 3 aromatic rings. The first-order chi connectivity index (χ1) is 12.5. The number of anilines is 1. The van der Waals surface area contributed by atoms with E-state index in [1.165, 1.54) is 5.56 Å². The summed E-state index contributed by atoms with van der Waals surface area (Å²) in [7, 11) is 0. The summed E-state index contributed by atoms with van der Waals surface area (Å²) < 4.78 is 14.6. The Hall–Kier alpha value is -2.75. The number of halogens is 1. The number of carbonyl (C=O) groups excluding carboxylic acids is 1. The molecule has 0 radical (unpaired) electrons. The molecule has 134 valence electrons. The highest BCUT2D eigenvalue weighted by Gasteiger charge is 2.15. The molecule has 1 aromatic heterocycles. The van der Waals surface area contributed by atoms with Crippen molar-refractivity contribution in [3.8, 4) is 0 Å². The van der Waals surface area contributed by atoms with E-state index in [-0.39, 0.29) is 17.5 Å². The molecule has 2 aromatic carbocycles. The zero-order valence-electron chi connectivity index (χ0n) is 15.3. The van der Waals surface area contributed by atoms with Crippen LogP contribution >= 0.6 is 0 Å². The second-order valence-corrected chi connectivity index (χ2v) is 7.00. The lowest BCUT2D eigenvalue weighted by atomic mass is 9.93. The van der Waals surface area contributed by atoms with E-state index in [9.17, 15) is 9.18 Å². The second-order valence-electron chi connectivity index (χ2n) is 7.00. The highest BCUT2D eigenvalue weighted by Crippen LogP contribution is 2.26. The minimum atomic E-state index is -0.423. The van der Waals surface area contributed by atoms with E-state index in [0.29, 0.717) is 23.1 Å². The fraction of sp³-hybridized carbons (Fsp3) is 0.273. The Kier molecular flexibility index (Phi) is 5.31. The fourth-order valence-corrected chi connectivity index (χ4v) is 3.05. The Morgan fingerprint density at radius 3 is 2.65 bits per heavy atom. The molecular formula is C22H23FN2O. The van der Waals surface area contributed by atoms with Crippen molar-refractivity contribution in [2.24, 2.45) is 0 Å². The van der Waals surface area contributed by atoms with Crippen LogP contribution in [0.2, 0.25) is 0 Å². The van der Waals surface area contributed by atoms with Crippen molar-refractivity contribution in [3.63, 3.8) is 0 Å². The number of aromatic nitrogens is 1. The molecular weight excluding hydrogens is 327 g/mol. The standard InChI is InChI=1S/C22H23FN2O/c1-14(2)16-5-4-6-17(12-16)15(3)11-21(26)25-20-8-7-18-13-24-10-9-19(18)22(20)23/h4-10,12-15H,11H2,1-3H3,(H,25,26). The van der Waals surface area contributed by atoms with Crippen LogP contribution in [0.4, 0.5) is 10.1 Å². The fourth-order valence-electron chi connectivity index (χ4n) is 3.05. The molecule has 1 unspecified atom stereocenters. The lowest BCUT2D eigenvalue weighted by Gasteiger charge is -2.15. The molecule has 26 heavy (non-hydrogen) atoms. The van der Waals surface area contributed by atoms with Gasteiger partial charge in [0.2, 0.25) is 5.91 Å². The lowest BCUT2D eigenvalue weighted by molar-refractivity contribution is -0.116. The third kappa shape index (κ3) is 3.90. The number of rotatable bonds is 5. The highest BCUT2D eigenvalue weighted by molar-refractivity contribution is 5.95. The van der Waals surface area contributed by atoms with Gasteiger partial charge in [-0.05, 0) is 35.1 Å². The summed E-state index contributed by atoms with van der Waals surface area (Å²) in [6.07, 6.45) is 3.45. The summed E-state index contributed by atoms with van der Waals surface area (Å²) in [6.45, 7) is 6.31. The van der Waals surface area contributed by atoms with Crippen LogP contribution in [0.15, 0.2) is 54.9 Å². The van der Waals surface area contributed by atoms with Gasteiger partial charge in [0.25, 0.3) is 0 Å². The van der Waals surface area contributed by atoms with Crippen molar-refractivity contribution in [2.75, 3.05) is 5.32 Å². The molecule has 0 aliphatic carbocycles. The topological polar surface area (TPSA) is 42.0 Å². The molecule has 3 rings (SSSR count). The van der Waals surface area contributed by atoms with Gasteiger partial charge in [-0.25, -0.2) is 4.39 Å². The van der Waals surface area contributed by atoms with Crippen molar-refractivity contribution in [3.05, 3.63) is 71.8 Å². The van der Waals surface area contributed by atoms with Gasteiger partial charge in [-0.1, -0.05) is 51.1 Å². The van der Waals surface area contributed by atoms with Crippen molar-refractivity contribution in [1.29, 1.82) is 0 Å². The Morgan fingerprint density at radius 2 is 1.88 bits per heavy atom.